The Bertz CT molecular complexity index is 306. The number of esters is 1. The first-order chi connectivity index (χ1) is 7.06. The zero-order valence-corrected chi connectivity index (χ0v) is 10.2. The predicted octanol–water partition coefficient (Wildman–Crippen LogP) is 2.04. The summed E-state index contributed by atoms with van der Waals surface area (Å²) < 4.78 is 4.73. The van der Waals surface area contributed by atoms with E-state index in [0.717, 1.165) is 6.54 Å². The van der Waals surface area contributed by atoms with E-state index in [0.29, 0.717) is 6.54 Å². The van der Waals surface area contributed by atoms with Crippen LogP contribution in [0.2, 0.25) is 0 Å². The van der Waals surface area contributed by atoms with Gasteiger partial charge in [-0.15, -0.1) is 0 Å². The Morgan fingerprint density at radius 1 is 1.60 bits per heavy atom. The van der Waals surface area contributed by atoms with Crippen LogP contribution in [0.15, 0.2) is 16.8 Å². The minimum Gasteiger partial charge on any atom is -0.469 e. The summed E-state index contributed by atoms with van der Waals surface area (Å²) in [5.74, 6) is -0.180. The molecule has 0 amide bonds. The largest absolute Gasteiger partial charge is 0.469 e. The van der Waals surface area contributed by atoms with Gasteiger partial charge >= 0.3 is 5.97 Å². The van der Waals surface area contributed by atoms with Gasteiger partial charge in [-0.2, -0.15) is 11.3 Å². The second kappa shape index (κ2) is 5.28. The van der Waals surface area contributed by atoms with E-state index in [-0.39, 0.29) is 5.97 Å². The van der Waals surface area contributed by atoms with Crippen LogP contribution in [0.4, 0.5) is 0 Å². The van der Waals surface area contributed by atoms with Crippen molar-refractivity contribution in [3.8, 4) is 0 Å². The van der Waals surface area contributed by atoms with Crippen LogP contribution in [-0.4, -0.2) is 19.6 Å². The van der Waals surface area contributed by atoms with Gasteiger partial charge in [0.2, 0.25) is 0 Å². The molecule has 0 aliphatic carbocycles. The van der Waals surface area contributed by atoms with Gasteiger partial charge in [0.15, 0.2) is 0 Å². The van der Waals surface area contributed by atoms with Crippen molar-refractivity contribution in [2.75, 3.05) is 13.7 Å². The van der Waals surface area contributed by atoms with E-state index >= 15 is 0 Å². The van der Waals surface area contributed by atoms with Crippen molar-refractivity contribution in [1.82, 2.24) is 5.32 Å². The number of hydrogen-bond acceptors (Lipinski definition) is 4. The number of carbonyl (C=O) groups is 1. The average molecular weight is 227 g/mol. The van der Waals surface area contributed by atoms with Crippen molar-refractivity contribution in [3.05, 3.63) is 22.4 Å². The van der Waals surface area contributed by atoms with Crippen molar-refractivity contribution in [1.29, 1.82) is 0 Å². The molecule has 0 fully saturated rings. The lowest BCUT2D eigenvalue weighted by Gasteiger charge is -2.21. The Kier molecular flexibility index (Phi) is 4.29. The van der Waals surface area contributed by atoms with Crippen LogP contribution in [0.3, 0.4) is 0 Å². The molecule has 0 spiro atoms. The third-order valence-electron chi connectivity index (χ3n) is 2.21. The predicted molar refractivity (Wildman–Crippen MR) is 61.8 cm³/mol. The van der Waals surface area contributed by atoms with Gasteiger partial charge in [-0.3, -0.25) is 4.79 Å². The summed E-state index contributed by atoms with van der Waals surface area (Å²) in [7, 11) is 1.42. The fraction of sp³-hybridized carbons (Fsp3) is 0.545. The maximum Gasteiger partial charge on any atom is 0.312 e. The molecular formula is C11H17NO2S. The standard InChI is InChI=1S/C11H17NO2S/c1-11(2,10(13)14-3)8-12-6-9-4-5-15-7-9/h4-5,7,12H,6,8H2,1-3H3. The molecule has 4 heteroatoms. The van der Waals surface area contributed by atoms with E-state index in [1.807, 2.05) is 19.2 Å². The number of ether oxygens (including phenoxy) is 1. The number of hydrogen-bond donors (Lipinski definition) is 1. The normalized spacial score (nSPS) is 11.4. The summed E-state index contributed by atoms with van der Waals surface area (Å²) in [6.45, 7) is 5.17. The lowest BCUT2D eigenvalue weighted by atomic mass is 9.94. The summed E-state index contributed by atoms with van der Waals surface area (Å²) in [6.07, 6.45) is 0. The number of rotatable bonds is 5. The molecule has 0 bridgehead atoms. The van der Waals surface area contributed by atoms with E-state index in [1.54, 1.807) is 11.3 Å². The molecule has 1 N–H and O–H groups in total. The SMILES string of the molecule is COC(=O)C(C)(C)CNCc1ccsc1. The van der Waals surface area contributed by atoms with Gasteiger partial charge in [0.05, 0.1) is 12.5 Å². The van der Waals surface area contributed by atoms with E-state index in [4.69, 9.17) is 4.74 Å². The highest BCUT2D eigenvalue weighted by molar-refractivity contribution is 7.07. The van der Waals surface area contributed by atoms with Crippen molar-refractivity contribution < 1.29 is 9.53 Å². The summed E-state index contributed by atoms with van der Waals surface area (Å²) >= 11 is 1.68. The number of thiophene rings is 1. The van der Waals surface area contributed by atoms with Crippen LogP contribution in [0, 0.1) is 5.41 Å². The molecule has 15 heavy (non-hydrogen) atoms. The highest BCUT2D eigenvalue weighted by atomic mass is 32.1. The molecule has 0 radical (unpaired) electrons. The number of methoxy groups -OCH3 is 1. The van der Waals surface area contributed by atoms with Crippen molar-refractivity contribution >= 4 is 17.3 Å². The van der Waals surface area contributed by atoms with Crippen LogP contribution in [0.5, 0.6) is 0 Å². The fourth-order valence-electron chi connectivity index (χ4n) is 1.26. The zero-order chi connectivity index (χ0) is 11.3. The van der Waals surface area contributed by atoms with E-state index in [2.05, 4.69) is 16.8 Å². The van der Waals surface area contributed by atoms with Gasteiger partial charge in [0, 0.05) is 13.1 Å². The molecule has 0 aliphatic rings. The molecule has 1 rings (SSSR count). The van der Waals surface area contributed by atoms with E-state index < -0.39 is 5.41 Å². The maximum absolute atomic E-state index is 11.4. The smallest absolute Gasteiger partial charge is 0.312 e. The maximum atomic E-state index is 11.4. The van der Waals surface area contributed by atoms with Crippen LogP contribution in [0.1, 0.15) is 19.4 Å². The van der Waals surface area contributed by atoms with Gasteiger partial charge in [-0.1, -0.05) is 0 Å². The van der Waals surface area contributed by atoms with Gasteiger partial charge in [-0.25, -0.2) is 0 Å². The lowest BCUT2D eigenvalue weighted by molar-refractivity contribution is -0.150. The first kappa shape index (κ1) is 12.2. The van der Waals surface area contributed by atoms with Crippen LogP contribution < -0.4 is 5.32 Å². The third-order valence-corrected chi connectivity index (χ3v) is 2.95. The molecule has 84 valence electrons. The number of nitrogens with one attached hydrogen (secondary N) is 1. The lowest BCUT2D eigenvalue weighted by Crippen LogP contribution is -2.36. The van der Waals surface area contributed by atoms with Gasteiger partial charge < -0.3 is 10.1 Å². The molecule has 0 unspecified atom stereocenters. The monoisotopic (exact) mass is 227 g/mol. The van der Waals surface area contributed by atoms with Gasteiger partial charge in [0.25, 0.3) is 0 Å². The molecular weight excluding hydrogens is 210 g/mol. The molecule has 0 saturated carbocycles. The molecule has 3 nitrogen and oxygen atoms in total. The first-order valence-electron chi connectivity index (χ1n) is 4.86. The zero-order valence-electron chi connectivity index (χ0n) is 9.37. The summed E-state index contributed by atoms with van der Waals surface area (Å²) in [5, 5.41) is 7.39. The van der Waals surface area contributed by atoms with E-state index in [1.165, 1.54) is 12.7 Å². The highest BCUT2D eigenvalue weighted by Crippen LogP contribution is 2.15. The van der Waals surface area contributed by atoms with Crippen LogP contribution in [0.25, 0.3) is 0 Å². The second-order valence-electron chi connectivity index (χ2n) is 4.11. The third kappa shape index (κ3) is 3.64. The minimum atomic E-state index is -0.467. The minimum absolute atomic E-state index is 0.180. The summed E-state index contributed by atoms with van der Waals surface area (Å²) in [4.78, 5) is 11.4. The summed E-state index contributed by atoms with van der Waals surface area (Å²) in [5.41, 5.74) is 0.783. The van der Waals surface area contributed by atoms with E-state index in [9.17, 15) is 4.79 Å². The molecule has 1 heterocycles. The van der Waals surface area contributed by atoms with Crippen molar-refractivity contribution in [3.63, 3.8) is 0 Å². The number of carbonyl (C=O) groups excluding carboxylic acids is 1. The highest BCUT2D eigenvalue weighted by Gasteiger charge is 2.27. The van der Waals surface area contributed by atoms with Crippen LogP contribution in [-0.2, 0) is 16.1 Å². The average Bonchev–Trinajstić information content (AvgIpc) is 2.69. The molecule has 0 atom stereocenters. The Morgan fingerprint density at radius 3 is 2.87 bits per heavy atom. The molecule has 0 aromatic carbocycles. The molecule has 0 aliphatic heterocycles. The van der Waals surface area contributed by atoms with Crippen molar-refractivity contribution in [2.24, 2.45) is 5.41 Å². The quantitative estimate of drug-likeness (QED) is 0.782. The van der Waals surface area contributed by atoms with Gasteiger partial charge in [0.1, 0.15) is 0 Å². The Balaban J connectivity index is 2.33. The Morgan fingerprint density at radius 2 is 2.33 bits per heavy atom. The van der Waals surface area contributed by atoms with Crippen molar-refractivity contribution in [2.45, 2.75) is 20.4 Å². The molecule has 1 aromatic rings. The Labute approximate surface area is 94.5 Å². The molecule has 0 saturated heterocycles. The Hall–Kier alpha value is -0.870. The second-order valence-corrected chi connectivity index (χ2v) is 4.89. The topological polar surface area (TPSA) is 38.3 Å². The first-order valence-corrected chi connectivity index (χ1v) is 5.81. The summed E-state index contributed by atoms with van der Waals surface area (Å²) in [6, 6.07) is 2.07. The van der Waals surface area contributed by atoms with Gasteiger partial charge in [-0.05, 0) is 36.2 Å². The van der Waals surface area contributed by atoms with Crippen LogP contribution >= 0.6 is 11.3 Å². The molecule has 1 aromatic heterocycles. The fourth-order valence-corrected chi connectivity index (χ4v) is 1.93.